The maximum Gasteiger partial charge on any atom is 0.289 e. The van der Waals surface area contributed by atoms with E-state index in [9.17, 15) is 9.59 Å². The number of nitrogen functional groups attached to an aromatic ring is 1. The van der Waals surface area contributed by atoms with Gasteiger partial charge in [-0.25, -0.2) is 9.97 Å². The van der Waals surface area contributed by atoms with Crippen LogP contribution >= 0.6 is 0 Å². The van der Waals surface area contributed by atoms with E-state index in [4.69, 9.17) is 5.73 Å². The van der Waals surface area contributed by atoms with Gasteiger partial charge in [0, 0.05) is 29.5 Å². The molecule has 7 heteroatoms. The number of nitrogens with zero attached hydrogens (tertiary/aromatic N) is 3. The van der Waals surface area contributed by atoms with Crippen molar-refractivity contribution >= 4 is 34.6 Å². The fourth-order valence-electron chi connectivity index (χ4n) is 2.27. The molecule has 0 aliphatic heterocycles. The molecular weight excluding hydrogens is 294 g/mol. The topological polar surface area (TPSA) is 111 Å². The van der Waals surface area contributed by atoms with Crippen molar-refractivity contribution in [1.29, 1.82) is 0 Å². The first kappa shape index (κ1) is 14.6. The lowest BCUT2D eigenvalue weighted by atomic mass is 10.1. The van der Waals surface area contributed by atoms with Crippen LogP contribution in [0, 0.1) is 6.92 Å². The molecule has 0 spiro atoms. The molecule has 0 saturated heterocycles. The Hall–Kier alpha value is -3.35. The van der Waals surface area contributed by atoms with Gasteiger partial charge in [-0.2, -0.15) is 0 Å². The highest BCUT2D eigenvalue weighted by molar-refractivity contribution is 6.29. The second kappa shape index (κ2) is 5.80. The minimum absolute atomic E-state index is 0.192. The number of hydrogen-bond donors (Lipinski definition) is 2. The van der Waals surface area contributed by atoms with Gasteiger partial charge in [-0.15, -0.1) is 0 Å². The van der Waals surface area contributed by atoms with E-state index in [1.54, 1.807) is 18.5 Å². The summed E-state index contributed by atoms with van der Waals surface area (Å²) in [6.45, 7) is 1.96. The number of carbonyl (C=O) groups is 2. The van der Waals surface area contributed by atoms with Crippen molar-refractivity contribution in [2.75, 3.05) is 11.1 Å². The fraction of sp³-hybridized carbons (Fsp3) is 0.0625. The number of hydrogen-bond acceptors (Lipinski definition) is 6. The molecule has 23 heavy (non-hydrogen) atoms. The molecule has 3 aromatic rings. The van der Waals surface area contributed by atoms with Crippen LogP contribution in [0.3, 0.4) is 0 Å². The van der Waals surface area contributed by atoms with E-state index in [1.165, 1.54) is 6.20 Å². The molecule has 0 atom stereocenters. The summed E-state index contributed by atoms with van der Waals surface area (Å²) in [5.41, 5.74) is 8.58. The molecular formula is C16H13N5O2. The van der Waals surface area contributed by atoms with E-state index in [0.29, 0.717) is 16.9 Å². The first-order valence-electron chi connectivity index (χ1n) is 6.82. The fourth-order valence-corrected chi connectivity index (χ4v) is 2.27. The third kappa shape index (κ3) is 2.84. The van der Waals surface area contributed by atoms with Gasteiger partial charge in [0.25, 0.3) is 5.91 Å². The van der Waals surface area contributed by atoms with Gasteiger partial charge in [-0.3, -0.25) is 14.6 Å². The average molecular weight is 307 g/mol. The highest BCUT2D eigenvalue weighted by atomic mass is 16.2. The second-order valence-corrected chi connectivity index (χ2v) is 4.98. The Bertz CT molecular complexity index is 923. The van der Waals surface area contributed by atoms with Gasteiger partial charge in [-0.05, 0) is 36.1 Å². The van der Waals surface area contributed by atoms with Crippen molar-refractivity contribution in [1.82, 2.24) is 15.0 Å². The normalized spacial score (nSPS) is 10.5. The molecule has 114 valence electrons. The van der Waals surface area contributed by atoms with Crippen LogP contribution in [0.15, 0.2) is 36.8 Å². The van der Waals surface area contributed by atoms with Gasteiger partial charge in [0.15, 0.2) is 0 Å². The standard InChI is InChI=1S/C16H13N5O2/c1-9-2-3-18-6-11(9)13-4-10-5-14(21-15(23)8-22)19-7-12(10)16(17)20-13/h2-8H,1H3,(H2,17,20)(H,19,21,23). The highest BCUT2D eigenvalue weighted by Gasteiger charge is 2.10. The van der Waals surface area contributed by atoms with Gasteiger partial charge >= 0.3 is 0 Å². The number of pyridine rings is 3. The number of aldehydes is 1. The Kier molecular flexibility index (Phi) is 3.68. The minimum atomic E-state index is -0.762. The Morgan fingerprint density at radius 1 is 1.30 bits per heavy atom. The number of rotatable bonds is 3. The summed E-state index contributed by atoms with van der Waals surface area (Å²) in [5, 5.41) is 3.80. The summed E-state index contributed by atoms with van der Waals surface area (Å²) < 4.78 is 0. The van der Waals surface area contributed by atoms with E-state index >= 15 is 0 Å². The predicted octanol–water partition coefficient (Wildman–Crippen LogP) is 1.72. The number of aromatic nitrogens is 3. The minimum Gasteiger partial charge on any atom is -0.383 e. The smallest absolute Gasteiger partial charge is 0.289 e. The van der Waals surface area contributed by atoms with Crippen LogP contribution in [-0.2, 0) is 9.59 Å². The molecule has 3 rings (SSSR count). The molecule has 0 fully saturated rings. The van der Waals surface area contributed by atoms with Crippen molar-refractivity contribution in [3.63, 3.8) is 0 Å². The monoisotopic (exact) mass is 307 g/mol. The molecule has 0 bridgehead atoms. The van der Waals surface area contributed by atoms with Crippen LogP contribution in [0.1, 0.15) is 5.56 Å². The maximum atomic E-state index is 11.2. The van der Waals surface area contributed by atoms with Crippen LogP contribution in [0.25, 0.3) is 22.0 Å². The third-order valence-corrected chi connectivity index (χ3v) is 3.42. The Morgan fingerprint density at radius 3 is 2.87 bits per heavy atom. The van der Waals surface area contributed by atoms with Crippen molar-refractivity contribution in [2.45, 2.75) is 6.92 Å². The first-order chi connectivity index (χ1) is 11.1. The summed E-state index contributed by atoms with van der Waals surface area (Å²) in [4.78, 5) is 34.1. The lowest BCUT2D eigenvalue weighted by molar-refractivity contribution is -0.127. The zero-order valence-electron chi connectivity index (χ0n) is 12.3. The maximum absolute atomic E-state index is 11.2. The lowest BCUT2D eigenvalue weighted by Crippen LogP contribution is -2.13. The first-order valence-corrected chi connectivity index (χ1v) is 6.82. The zero-order valence-corrected chi connectivity index (χ0v) is 12.3. The van der Waals surface area contributed by atoms with Crippen molar-refractivity contribution in [3.05, 3.63) is 42.4 Å². The van der Waals surface area contributed by atoms with Gasteiger partial charge in [-0.1, -0.05) is 0 Å². The molecule has 0 unspecified atom stereocenters. The lowest BCUT2D eigenvalue weighted by Gasteiger charge is -2.09. The Labute approximate surface area is 131 Å². The predicted molar refractivity (Wildman–Crippen MR) is 86.6 cm³/mol. The largest absolute Gasteiger partial charge is 0.383 e. The van der Waals surface area contributed by atoms with Crippen LogP contribution in [-0.4, -0.2) is 27.1 Å². The average Bonchev–Trinajstić information content (AvgIpc) is 2.54. The van der Waals surface area contributed by atoms with Crippen LogP contribution in [0.4, 0.5) is 11.6 Å². The summed E-state index contributed by atoms with van der Waals surface area (Å²) in [7, 11) is 0. The molecule has 3 heterocycles. The van der Waals surface area contributed by atoms with E-state index in [2.05, 4.69) is 20.3 Å². The van der Waals surface area contributed by atoms with Gasteiger partial charge in [0.2, 0.25) is 6.29 Å². The molecule has 0 radical (unpaired) electrons. The van der Waals surface area contributed by atoms with E-state index in [-0.39, 0.29) is 12.1 Å². The van der Waals surface area contributed by atoms with Gasteiger partial charge in [0.1, 0.15) is 11.6 Å². The number of anilines is 2. The quantitative estimate of drug-likeness (QED) is 0.563. The SMILES string of the molecule is Cc1ccncc1-c1cc2cc(NC(=O)C=O)ncc2c(N)n1. The molecule has 0 aromatic carbocycles. The summed E-state index contributed by atoms with van der Waals surface area (Å²) >= 11 is 0. The molecule has 0 saturated carbocycles. The number of nitrogens with one attached hydrogen (secondary N) is 1. The van der Waals surface area contributed by atoms with E-state index in [1.807, 2.05) is 19.1 Å². The number of aryl methyl sites for hydroxylation is 1. The van der Waals surface area contributed by atoms with Crippen molar-refractivity contribution in [2.24, 2.45) is 0 Å². The molecule has 7 nitrogen and oxygen atoms in total. The van der Waals surface area contributed by atoms with Crippen molar-refractivity contribution in [3.8, 4) is 11.3 Å². The molecule has 3 aromatic heterocycles. The third-order valence-electron chi connectivity index (χ3n) is 3.42. The number of nitrogens with two attached hydrogens (primary N) is 1. The Balaban J connectivity index is 2.13. The molecule has 0 aliphatic rings. The van der Waals surface area contributed by atoms with Gasteiger partial charge < -0.3 is 11.1 Å². The zero-order chi connectivity index (χ0) is 16.4. The molecule has 0 aliphatic carbocycles. The molecule has 1 amide bonds. The van der Waals surface area contributed by atoms with Crippen LogP contribution < -0.4 is 11.1 Å². The highest BCUT2D eigenvalue weighted by Crippen LogP contribution is 2.28. The number of carbonyl (C=O) groups excluding carboxylic acids is 2. The van der Waals surface area contributed by atoms with Crippen LogP contribution in [0.5, 0.6) is 0 Å². The molecule has 3 N–H and O–H groups in total. The Morgan fingerprint density at radius 2 is 2.13 bits per heavy atom. The number of fused-ring (bicyclic) bond motifs is 1. The van der Waals surface area contributed by atoms with E-state index in [0.717, 1.165) is 16.5 Å². The summed E-state index contributed by atoms with van der Waals surface area (Å²) in [6.07, 6.45) is 5.13. The number of amides is 1. The summed E-state index contributed by atoms with van der Waals surface area (Å²) in [6, 6.07) is 5.37. The van der Waals surface area contributed by atoms with Crippen molar-refractivity contribution < 1.29 is 9.59 Å². The second-order valence-electron chi connectivity index (χ2n) is 4.98. The van der Waals surface area contributed by atoms with Gasteiger partial charge in [0.05, 0.1) is 5.69 Å². The van der Waals surface area contributed by atoms with Crippen LogP contribution in [0.2, 0.25) is 0 Å². The van der Waals surface area contributed by atoms with E-state index < -0.39 is 5.91 Å². The summed E-state index contributed by atoms with van der Waals surface area (Å²) in [5.74, 6) is -0.155.